The van der Waals surface area contributed by atoms with E-state index >= 15 is 0 Å². The topological polar surface area (TPSA) is 62.0 Å². The Labute approximate surface area is 143 Å². The highest BCUT2D eigenvalue weighted by Gasteiger charge is 2.25. The van der Waals surface area contributed by atoms with Crippen LogP contribution in [0.15, 0.2) is 58.5 Å². The lowest BCUT2D eigenvalue weighted by Gasteiger charge is -2.19. The van der Waals surface area contributed by atoms with Gasteiger partial charge in [-0.1, -0.05) is 47.5 Å². The molecule has 1 N–H and O–H groups in total. The minimum atomic E-state index is -0.990. The summed E-state index contributed by atoms with van der Waals surface area (Å²) in [6, 6.07) is 13.4. The van der Waals surface area contributed by atoms with Crippen molar-refractivity contribution in [2.24, 2.45) is 9.98 Å². The molecule has 1 atom stereocenters. The Morgan fingerprint density at radius 2 is 1.39 bits per heavy atom. The standard InChI is InChI=1S/C17H12Cl2N2O2/c18-12-5-1-10(2-6-12)15-16(11-3-7-13(19)8-4-11)21-14(9-20-15)17(22)23/h1-8,14H,9H2,(H,22,23). The fourth-order valence-electron chi connectivity index (χ4n) is 2.30. The maximum Gasteiger partial charge on any atom is 0.330 e. The first kappa shape index (κ1) is 15.7. The molecule has 1 heterocycles. The fraction of sp³-hybridized carbons (Fsp3) is 0.118. The lowest BCUT2D eigenvalue weighted by molar-refractivity contribution is -0.138. The van der Waals surface area contributed by atoms with E-state index in [1.165, 1.54) is 0 Å². The number of nitrogens with zero attached hydrogens (tertiary/aromatic N) is 2. The van der Waals surface area contributed by atoms with Gasteiger partial charge in [-0.3, -0.25) is 9.98 Å². The highest BCUT2D eigenvalue weighted by atomic mass is 35.5. The number of benzene rings is 2. The van der Waals surface area contributed by atoms with E-state index in [1.807, 2.05) is 12.1 Å². The summed E-state index contributed by atoms with van der Waals surface area (Å²) < 4.78 is 0. The van der Waals surface area contributed by atoms with E-state index in [-0.39, 0.29) is 6.54 Å². The maximum absolute atomic E-state index is 11.3. The molecule has 6 heteroatoms. The third-order valence-corrected chi connectivity index (χ3v) is 3.96. The van der Waals surface area contributed by atoms with Crippen LogP contribution in [0.2, 0.25) is 10.0 Å². The molecule has 0 saturated carbocycles. The van der Waals surface area contributed by atoms with E-state index in [2.05, 4.69) is 9.98 Å². The Hall–Kier alpha value is -2.17. The molecule has 0 fully saturated rings. The summed E-state index contributed by atoms with van der Waals surface area (Å²) in [4.78, 5) is 20.1. The zero-order chi connectivity index (χ0) is 16.4. The third kappa shape index (κ3) is 3.44. The van der Waals surface area contributed by atoms with E-state index in [0.717, 1.165) is 11.1 Å². The Balaban J connectivity index is 2.07. The van der Waals surface area contributed by atoms with E-state index in [0.29, 0.717) is 21.5 Å². The molecule has 0 amide bonds. The summed E-state index contributed by atoms with van der Waals surface area (Å²) in [5.41, 5.74) is 2.81. The van der Waals surface area contributed by atoms with Crippen molar-refractivity contribution in [2.45, 2.75) is 6.04 Å². The van der Waals surface area contributed by atoms with Crippen LogP contribution in [0.5, 0.6) is 0 Å². The van der Waals surface area contributed by atoms with Crippen LogP contribution in [-0.4, -0.2) is 35.1 Å². The Kier molecular flexibility index (Phi) is 4.46. The van der Waals surface area contributed by atoms with Crippen LogP contribution in [0.3, 0.4) is 0 Å². The molecular weight excluding hydrogens is 335 g/mol. The van der Waals surface area contributed by atoms with Crippen LogP contribution in [-0.2, 0) is 4.79 Å². The quantitative estimate of drug-likeness (QED) is 0.919. The lowest BCUT2D eigenvalue weighted by Crippen LogP contribution is -2.32. The number of halogens is 2. The SMILES string of the molecule is O=C(O)C1CN=C(c2ccc(Cl)cc2)C(c2ccc(Cl)cc2)=N1. The summed E-state index contributed by atoms with van der Waals surface area (Å²) in [5, 5.41) is 10.5. The average molecular weight is 347 g/mol. The smallest absolute Gasteiger partial charge is 0.330 e. The number of hydrogen-bond donors (Lipinski definition) is 1. The first-order chi connectivity index (χ1) is 11.0. The molecule has 116 valence electrons. The van der Waals surface area contributed by atoms with Gasteiger partial charge in [-0.15, -0.1) is 0 Å². The summed E-state index contributed by atoms with van der Waals surface area (Å²) in [6.07, 6.45) is 0. The number of aliphatic carboxylic acids is 1. The van der Waals surface area contributed by atoms with Crippen molar-refractivity contribution < 1.29 is 9.90 Å². The van der Waals surface area contributed by atoms with Crippen LogP contribution in [0, 0.1) is 0 Å². The predicted octanol–water partition coefficient (Wildman–Crippen LogP) is 3.74. The zero-order valence-electron chi connectivity index (χ0n) is 11.9. The minimum absolute atomic E-state index is 0.115. The first-order valence-electron chi connectivity index (χ1n) is 6.92. The normalized spacial score (nSPS) is 17.4. The molecule has 1 unspecified atom stereocenters. The van der Waals surface area contributed by atoms with Gasteiger partial charge in [0.2, 0.25) is 0 Å². The second-order valence-electron chi connectivity index (χ2n) is 5.03. The number of rotatable bonds is 3. The molecule has 0 bridgehead atoms. The number of carboxylic acids is 1. The summed E-state index contributed by atoms with van der Waals surface area (Å²) in [5.74, 6) is -0.990. The Bertz CT molecular complexity index is 796. The molecule has 0 radical (unpaired) electrons. The molecule has 0 aliphatic carbocycles. The number of carbonyl (C=O) groups is 1. The zero-order valence-corrected chi connectivity index (χ0v) is 13.4. The third-order valence-electron chi connectivity index (χ3n) is 3.45. The van der Waals surface area contributed by atoms with Crippen molar-refractivity contribution in [1.82, 2.24) is 0 Å². The number of aliphatic imine (C=N–C) groups is 2. The van der Waals surface area contributed by atoms with Gasteiger partial charge in [0.05, 0.1) is 18.0 Å². The van der Waals surface area contributed by atoms with Crippen LogP contribution in [0.1, 0.15) is 11.1 Å². The van der Waals surface area contributed by atoms with Gasteiger partial charge >= 0.3 is 5.97 Å². The predicted molar refractivity (Wildman–Crippen MR) is 92.3 cm³/mol. The van der Waals surface area contributed by atoms with Crippen molar-refractivity contribution in [3.8, 4) is 0 Å². The molecule has 1 aliphatic heterocycles. The number of carboxylic acid groups (broad SMARTS) is 1. The van der Waals surface area contributed by atoms with Gasteiger partial charge < -0.3 is 5.11 Å². The largest absolute Gasteiger partial charge is 0.480 e. The molecule has 0 spiro atoms. The molecule has 0 saturated heterocycles. The highest BCUT2D eigenvalue weighted by molar-refractivity contribution is 6.54. The van der Waals surface area contributed by atoms with E-state index in [1.54, 1.807) is 36.4 Å². The van der Waals surface area contributed by atoms with Crippen LogP contribution >= 0.6 is 23.2 Å². The van der Waals surface area contributed by atoms with Crippen LogP contribution in [0.4, 0.5) is 0 Å². The van der Waals surface area contributed by atoms with Crippen molar-refractivity contribution in [2.75, 3.05) is 6.54 Å². The van der Waals surface area contributed by atoms with Gasteiger partial charge in [-0.05, 0) is 24.3 Å². The molecule has 2 aromatic rings. The second kappa shape index (κ2) is 6.52. The van der Waals surface area contributed by atoms with E-state index in [9.17, 15) is 9.90 Å². The molecule has 23 heavy (non-hydrogen) atoms. The second-order valence-corrected chi connectivity index (χ2v) is 5.91. The molecule has 2 aromatic carbocycles. The molecule has 0 aromatic heterocycles. The van der Waals surface area contributed by atoms with Crippen LogP contribution in [0.25, 0.3) is 0 Å². The van der Waals surface area contributed by atoms with Crippen LogP contribution < -0.4 is 0 Å². The molecular formula is C17H12Cl2N2O2. The Morgan fingerprint density at radius 3 is 1.87 bits per heavy atom. The monoisotopic (exact) mass is 346 g/mol. The van der Waals surface area contributed by atoms with Gasteiger partial charge in [0.25, 0.3) is 0 Å². The number of hydrogen-bond acceptors (Lipinski definition) is 3. The van der Waals surface area contributed by atoms with E-state index < -0.39 is 12.0 Å². The van der Waals surface area contributed by atoms with Crippen molar-refractivity contribution in [3.63, 3.8) is 0 Å². The first-order valence-corrected chi connectivity index (χ1v) is 7.67. The van der Waals surface area contributed by atoms with Gasteiger partial charge in [0.15, 0.2) is 6.04 Å². The fourth-order valence-corrected chi connectivity index (χ4v) is 2.55. The highest BCUT2D eigenvalue weighted by Crippen LogP contribution is 2.19. The van der Waals surface area contributed by atoms with Gasteiger partial charge in [-0.25, -0.2) is 4.79 Å². The maximum atomic E-state index is 11.3. The minimum Gasteiger partial charge on any atom is -0.480 e. The average Bonchev–Trinajstić information content (AvgIpc) is 2.56. The van der Waals surface area contributed by atoms with Gasteiger partial charge in [0, 0.05) is 21.2 Å². The summed E-state index contributed by atoms with van der Waals surface area (Å²) >= 11 is 11.8. The van der Waals surface area contributed by atoms with Gasteiger partial charge in [-0.2, -0.15) is 0 Å². The lowest BCUT2D eigenvalue weighted by atomic mass is 9.97. The van der Waals surface area contributed by atoms with E-state index in [4.69, 9.17) is 23.2 Å². The molecule has 4 nitrogen and oxygen atoms in total. The van der Waals surface area contributed by atoms with Gasteiger partial charge in [0.1, 0.15) is 0 Å². The summed E-state index contributed by atoms with van der Waals surface area (Å²) in [7, 11) is 0. The molecule has 1 aliphatic rings. The van der Waals surface area contributed by atoms with Crippen molar-refractivity contribution in [3.05, 3.63) is 69.7 Å². The Morgan fingerprint density at radius 1 is 0.913 bits per heavy atom. The van der Waals surface area contributed by atoms with Crippen molar-refractivity contribution >= 4 is 40.6 Å². The summed E-state index contributed by atoms with van der Waals surface area (Å²) in [6.45, 7) is 0.115. The van der Waals surface area contributed by atoms with Crippen molar-refractivity contribution in [1.29, 1.82) is 0 Å². The molecule has 3 rings (SSSR count).